The van der Waals surface area contributed by atoms with E-state index >= 15 is 0 Å². The number of likely N-dealkylation sites (tertiary alicyclic amines) is 1. The minimum absolute atomic E-state index is 0.0502. The van der Waals surface area contributed by atoms with Gasteiger partial charge in [-0.3, -0.25) is 0 Å². The van der Waals surface area contributed by atoms with E-state index in [1.165, 1.54) is 25.9 Å². The van der Waals surface area contributed by atoms with Crippen LogP contribution >= 0.6 is 0 Å². The monoisotopic (exact) mass is 227 g/mol. The van der Waals surface area contributed by atoms with Crippen LogP contribution in [0.25, 0.3) is 0 Å². The van der Waals surface area contributed by atoms with Crippen molar-refractivity contribution in [2.45, 2.75) is 47.5 Å². The van der Waals surface area contributed by atoms with Crippen molar-refractivity contribution < 1.29 is 5.11 Å². The molecule has 0 saturated carbocycles. The van der Waals surface area contributed by atoms with E-state index < -0.39 is 0 Å². The van der Waals surface area contributed by atoms with Gasteiger partial charge in [0.1, 0.15) is 0 Å². The number of rotatable bonds is 3. The lowest BCUT2D eigenvalue weighted by Gasteiger charge is -2.41. The molecule has 0 unspecified atom stereocenters. The van der Waals surface area contributed by atoms with E-state index in [0.717, 1.165) is 12.5 Å². The molecule has 0 radical (unpaired) electrons. The summed E-state index contributed by atoms with van der Waals surface area (Å²) in [6.07, 6.45) is 2.62. The molecule has 1 N–H and O–H groups in total. The molecule has 1 heterocycles. The molecule has 0 aromatic carbocycles. The molecule has 0 aliphatic carbocycles. The second kappa shape index (κ2) is 5.05. The molecule has 0 bridgehead atoms. The van der Waals surface area contributed by atoms with Crippen LogP contribution in [0.15, 0.2) is 0 Å². The Morgan fingerprint density at radius 1 is 1.06 bits per heavy atom. The summed E-state index contributed by atoms with van der Waals surface area (Å²) in [4.78, 5) is 2.51. The minimum atomic E-state index is 0.0502. The molecular weight excluding hydrogens is 198 g/mol. The first-order chi connectivity index (χ1) is 7.24. The highest BCUT2D eigenvalue weighted by Crippen LogP contribution is 2.34. The van der Waals surface area contributed by atoms with Gasteiger partial charge in [0, 0.05) is 18.6 Å². The third kappa shape index (κ3) is 4.06. The second-order valence-electron chi connectivity index (χ2n) is 7.24. The van der Waals surface area contributed by atoms with Gasteiger partial charge in [-0.2, -0.15) is 0 Å². The first-order valence-corrected chi connectivity index (χ1v) is 6.58. The van der Waals surface area contributed by atoms with Crippen molar-refractivity contribution in [3.05, 3.63) is 0 Å². The third-order valence-corrected chi connectivity index (χ3v) is 3.89. The van der Waals surface area contributed by atoms with Crippen LogP contribution in [-0.4, -0.2) is 36.2 Å². The largest absolute Gasteiger partial charge is 0.396 e. The molecule has 2 heteroatoms. The van der Waals surface area contributed by atoms with Crippen molar-refractivity contribution in [1.29, 1.82) is 0 Å². The van der Waals surface area contributed by atoms with Gasteiger partial charge in [0.15, 0.2) is 0 Å². The highest BCUT2D eigenvalue weighted by Gasteiger charge is 2.30. The zero-order valence-corrected chi connectivity index (χ0v) is 11.7. The van der Waals surface area contributed by atoms with Gasteiger partial charge in [0.2, 0.25) is 0 Å². The second-order valence-corrected chi connectivity index (χ2v) is 7.24. The van der Waals surface area contributed by atoms with Crippen molar-refractivity contribution in [2.24, 2.45) is 16.7 Å². The summed E-state index contributed by atoms with van der Waals surface area (Å²) in [5, 5.41) is 9.28. The zero-order valence-electron chi connectivity index (χ0n) is 11.7. The Kier molecular flexibility index (Phi) is 4.42. The van der Waals surface area contributed by atoms with Gasteiger partial charge >= 0.3 is 0 Å². The fourth-order valence-electron chi connectivity index (χ4n) is 2.61. The lowest BCUT2D eigenvalue weighted by molar-refractivity contribution is 0.0596. The van der Waals surface area contributed by atoms with Crippen molar-refractivity contribution in [3.8, 4) is 0 Å². The minimum Gasteiger partial charge on any atom is -0.396 e. The molecule has 16 heavy (non-hydrogen) atoms. The molecule has 96 valence electrons. The maximum Gasteiger partial charge on any atom is 0.0494 e. The van der Waals surface area contributed by atoms with E-state index in [4.69, 9.17) is 0 Å². The third-order valence-electron chi connectivity index (χ3n) is 3.89. The summed E-state index contributed by atoms with van der Waals surface area (Å²) in [5.41, 5.74) is 0.507. The molecule has 0 atom stereocenters. The predicted octanol–water partition coefficient (Wildman–Crippen LogP) is 2.76. The van der Waals surface area contributed by atoms with E-state index in [1.54, 1.807) is 0 Å². The van der Waals surface area contributed by atoms with Crippen LogP contribution in [0.1, 0.15) is 47.5 Å². The number of hydrogen-bond acceptors (Lipinski definition) is 2. The average Bonchev–Trinajstić information content (AvgIpc) is 2.16. The maximum atomic E-state index is 9.28. The van der Waals surface area contributed by atoms with Crippen LogP contribution in [0.4, 0.5) is 0 Å². The zero-order chi connectivity index (χ0) is 12.4. The number of nitrogens with zero attached hydrogens (tertiary/aromatic N) is 1. The van der Waals surface area contributed by atoms with Gasteiger partial charge < -0.3 is 10.0 Å². The summed E-state index contributed by atoms with van der Waals surface area (Å²) in [7, 11) is 0. The molecular formula is C14H29NO. The lowest BCUT2D eigenvalue weighted by Crippen LogP contribution is -2.43. The first-order valence-electron chi connectivity index (χ1n) is 6.58. The molecule has 1 aliphatic heterocycles. The van der Waals surface area contributed by atoms with Crippen molar-refractivity contribution in [2.75, 3.05) is 26.2 Å². The molecule has 0 amide bonds. The molecule has 0 aromatic heterocycles. The van der Waals surface area contributed by atoms with Crippen LogP contribution in [0, 0.1) is 16.7 Å². The first kappa shape index (κ1) is 14.0. The fourth-order valence-corrected chi connectivity index (χ4v) is 2.61. The summed E-state index contributed by atoms with van der Waals surface area (Å²) >= 11 is 0. The standard InChI is InChI=1S/C14H29NO/c1-13(2,3)12-6-8-15(9-7-12)10-14(4,5)11-16/h12,16H,6-11H2,1-5H3. The van der Waals surface area contributed by atoms with E-state index in [-0.39, 0.29) is 12.0 Å². The Morgan fingerprint density at radius 2 is 1.56 bits per heavy atom. The molecule has 1 aliphatic rings. The SMILES string of the molecule is CC(C)(CO)CN1CCC(C(C)(C)C)CC1. The predicted molar refractivity (Wildman–Crippen MR) is 69.5 cm³/mol. The van der Waals surface area contributed by atoms with Crippen LogP contribution in [0.3, 0.4) is 0 Å². The van der Waals surface area contributed by atoms with Gasteiger partial charge in [0.25, 0.3) is 0 Å². The average molecular weight is 227 g/mol. The summed E-state index contributed by atoms with van der Waals surface area (Å²) in [6.45, 7) is 15.1. The normalized spacial score (nSPS) is 21.4. The summed E-state index contributed by atoms with van der Waals surface area (Å²) in [5.74, 6) is 0.862. The quantitative estimate of drug-likeness (QED) is 0.801. The van der Waals surface area contributed by atoms with Crippen molar-refractivity contribution in [3.63, 3.8) is 0 Å². The Balaban J connectivity index is 2.38. The molecule has 1 rings (SSSR count). The molecule has 1 fully saturated rings. The lowest BCUT2D eigenvalue weighted by atomic mass is 9.75. The van der Waals surface area contributed by atoms with Crippen LogP contribution in [0.2, 0.25) is 0 Å². The summed E-state index contributed by atoms with van der Waals surface area (Å²) < 4.78 is 0. The maximum absolute atomic E-state index is 9.28. The van der Waals surface area contributed by atoms with Crippen molar-refractivity contribution in [1.82, 2.24) is 4.90 Å². The Morgan fingerprint density at radius 3 is 1.94 bits per heavy atom. The van der Waals surface area contributed by atoms with E-state index in [9.17, 15) is 5.11 Å². The smallest absolute Gasteiger partial charge is 0.0494 e. The molecule has 1 saturated heterocycles. The van der Waals surface area contributed by atoms with E-state index in [1.807, 2.05) is 0 Å². The van der Waals surface area contributed by atoms with Crippen molar-refractivity contribution >= 4 is 0 Å². The van der Waals surface area contributed by atoms with E-state index in [2.05, 4.69) is 39.5 Å². The number of piperidine rings is 1. The Bertz CT molecular complexity index is 209. The Hall–Kier alpha value is -0.0800. The fraction of sp³-hybridized carbons (Fsp3) is 1.00. The van der Waals surface area contributed by atoms with Gasteiger partial charge in [0.05, 0.1) is 0 Å². The van der Waals surface area contributed by atoms with Crippen LogP contribution in [-0.2, 0) is 0 Å². The van der Waals surface area contributed by atoms with Gasteiger partial charge in [-0.05, 0) is 37.3 Å². The van der Waals surface area contributed by atoms with Crippen LogP contribution < -0.4 is 0 Å². The topological polar surface area (TPSA) is 23.5 Å². The highest BCUT2D eigenvalue weighted by atomic mass is 16.3. The summed E-state index contributed by atoms with van der Waals surface area (Å²) in [6, 6.07) is 0. The highest BCUT2D eigenvalue weighted by molar-refractivity contribution is 4.83. The molecule has 0 aromatic rings. The number of aliphatic hydroxyl groups is 1. The van der Waals surface area contributed by atoms with E-state index in [0.29, 0.717) is 5.41 Å². The van der Waals surface area contributed by atoms with Gasteiger partial charge in [-0.25, -0.2) is 0 Å². The van der Waals surface area contributed by atoms with Crippen LogP contribution in [0.5, 0.6) is 0 Å². The molecule has 0 spiro atoms. The van der Waals surface area contributed by atoms with Gasteiger partial charge in [-0.1, -0.05) is 34.6 Å². The number of hydrogen-bond donors (Lipinski definition) is 1. The Labute approximate surface area is 101 Å². The molecule has 2 nitrogen and oxygen atoms in total. The number of aliphatic hydroxyl groups excluding tert-OH is 1. The van der Waals surface area contributed by atoms with Gasteiger partial charge in [-0.15, -0.1) is 0 Å².